The van der Waals surface area contributed by atoms with Gasteiger partial charge in [0.25, 0.3) is 0 Å². The molecule has 0 aromatic heterocycles. The molecule has 2 atom stereocenters. The minimum Gasteiger partial charge on any atom is -0.325 e. The van der Waals surface area contributed by atoms with Crippen molar-refractivity contribution in [1.29, 1.82) is 0 Å². The Morgan fingerprint density at radius 3 is 2.79 bits per heavy atom. The number of hydrogen-bond acceptors (Lipinski definition) is 2. The number of rotatable bonds is 4. The fourth-order valence-electron chi connectivity index (χ4n) is 4.24. The predicted octanol–water partition coefficient (Wildman–Crippen LogP) is 5.05. The fraction of sp³-hybridized carbons (Fsp3) is 0.632. The zero-order valence-electron chi connectivity index (χ0n) is 14.4. The van der Waals surface area contributed by atoms with Gasteiger partial charge in [-0.3, -0.25) is 9.69 Å². The van der Waals surface area contributed by atoms with Crippen LogP contribution in [0, 0.1) is 12.8 Å². The summed E-state index contributed by atoms with van der Waals surface area (Å²) in [5, 5.41) is 3.61. The average Bonchev–Trinajstić information content (AvgIpc) is 2.56. The van der Waals surface area contributed by atoms with Crippen LogP contribution in [0.4, 0.5) is 5.69 Å². The number of aryl methyl sites for hydroxylation is 1. The molecule has 3 nitrogen and oxygen atoms in total. The number of fused-ring (bicyclic) bond motifs is 1. The number of carbonyl (C=O) groups is 1. The highest BCUT2D eigenvalue weighted by atomic mass is 35.5. The third kappa shape index (κ3) is 4.65. The van der Waals surface area contributed by atoms with Crippen molar-refractivity contribution < 1.29 is 4.79 Å². The number of benzene rings is 1. The largest absolute Gasteiger partial charge is 0.325 e. The van der Waals surface area contributed by atoms with E-state index < -0.39 is 0 Å². The van der Waals surface area contributed by atoms with Crippen LogP contribution < -0.4 is 5.32 Å². The molecule has 0 spiro atoms. The zero-order valence-corrected chi connectivity index (χ0v) is 16.0. The van der Waals surface area contributed by atoms with E-state index in [9.17, 15) is 4.79 Å². The van der Waals surface area contributed by atoms with Gasteiger partial charge in [-0.1, -0.05) is 36.6 Å². The van der Waals surface area contributed by atoms with Crippen LogP contribution in [0.5, 0.6) is 0 Å². The van der Waals surface area contributed by atoms with E-state index >= 15 is 0 Å². The van der Waals surface area contributed by atoms with E-state index in [1.165, 1.54) is 38.5 Å². The standard InChI is InChI=1S/C19H27ClN2O.ClH/c1-14-6-4-9-16(20)19(14)21-18(23)11-13-22-12-5-8-15-7-2-3-10-17(15)22;/h4,6,9,15,17H,2-3,5,7-8,10-13H2,1H3,(H,21,23);1H/t15-,17-;/m1./s1. The van der Waals surface area contributed by atoms with Crippen LogP contribution in [0.2, 0.25) is 5.02 Å². The fourth-order valence-corrected chi connectivity index (χ4v) is 4.51. The SMILES string of the molecule is Cc1cccc(Cl)c1NC(=O)CCN1CCC[C@H]2CCCC[C@H]21.Cl. The third-order valence-electron chi connectivity index (χ3n) is 5.47. The topological polar surface area (TPSA) is 32.3 Å². The number of carbonyl (C=O) groups excluding carboxylic acids is 1. The first-order valence-electron chi connectivity index (χ1n) is 8.94. The van der Waals surface area contributed by atoms with E-state index in [0.29, 0.717) is 17.5 Å². The Labute approximate surface area is 156 Å². The number of nitrogens with zero attached hydrogens (tertiary/aromatic N) is 1. The summed E-state index contributed by atoms with van der Waals surface area (Å²) in [5.74, 6) is 0.936. The van der Waals surface area contributed by atoms with Gasteiger partial charge in [-0.05, 0) is 56.7 Å². The van der Waals surface area contributed by atoms with Crippen LogP contribution >= 0.6 is 24.0 Å². The highest BCUT2D eigenvalue weighted by Crippen LogP contribution is 2.35. The van der Waals surface area contributed by atoms with E-state index in [1.54, 1.807) is 0 Å². The van der Waals surface area contributed by atoms with Crippen molar-refractivity contribution in [2.24, 2.45) is 5.92 Å². The number of likely N-dealkylation sites (tertiary alicyclic amines) is 1. The summed E-state index contributed by atoms with van der Waals surface area (Å²) in [7, 11) is 0. The van der Waals surface area contributed by atoms with Crippen molar-refractivity contribution in [2.75, 3.05) is 18.4 Å². The molecule has 1 aliphatic carbocycles. The van der Waals surface area contributed by atoms with Crippen molar-refractivity contribution in [1.82, 2.24) is 4.90 Å². The van der Waals surface area contributed by atoms with E-state index in [4.69, 9.17) is 11.6 Å². The first-order chi connectivity index (χ1) is 11.1. The van der Waals surface area contributed by atoms with Crippen molar-refractivity contribution in [3.63, 3.8) is 0 Å². The Balaban J connectivity index is 0.00000208. The number of piperidine rings is 1. The smallest absolute Gasteiger partial charge is 0.225 e. The molecule has 0 bridgehead atoms. The van der Waals surface area contributed by atoms with Crippen molar-refractivity contribution in [3.8, 4) is 0 Å². The summed E-state index contributed by atoms with van der Waals surface area (Å²) >= 11 is 6.19. The monoisotopic (exact) mass is 370 g/mol. The van der Waals surface area contributed by atoms with Crippen molar-refractivity contribution >= 4 is 35.6 Å². The summed E-state index contributed by atoms with van der Waals surface area (Å²) in [6.07, 6.45) is 8.65. The second-order valence-electron chi connectivity index (χ2n) is 7.02. The van der Waals surface area contributed by atoms with Gasteiger partial charge >= 0.3 is 0 Å². The number of para-hydroxylation sites is 1. The zero-order chi connectivity index (χ0) is 16.2. The molecule has 0 radical (unpaired) electrons. The Hall–Kier alpha value is -0.770. The molecule has 1 aromatic rings. The maximum absolute atomic E-state index is 12.3. The molecule has 134 valence electrons. The first kappa shape index (κ1) is 19.6. The van der Waals surface area contributed by atoms with Crippen LogP contribution in [0.3, 0.4) is 0 Å². The summed E-state index contributed by atoms with van der Waals surface area (Å²) in [4.78, 5) is 14.9. The molecule has 24 heavy (non-hydrogen) atoms. The Morgan fingerprint density at radius 1 is 1.25 bits per heavy atom. The number of hydrogen-bond donors (Lipinski definition) is 1. The molecule has 0 unspecified atom stereocenters. The van der Waals surface area contributed by atoms with Gasteiger partial charge in [0.2, 0.25) is 5.91 Å². The lowest BCUT2D eigenvalue weighted by Gasteiger charge is -2.44. The van der Waals surface area contributed by atoms with E-state index in [-0.39, 0.29) is 18.3 Å². The molecule has 5 heteroatoms. The molecule has 1 amide bonds. The van der Waals surface area contributed by atoms with Gasteiger partial charge in [0.15, 0.2) is 0 Å². The highest BCUT2D eigenvalue weighted by molar-refractivity contribution is 6.33. The molecule has 3 rings (SSSR count). The number of amides is 1. The molecule has 2 fully saturated rings. The second-order valence-corrected chi connectivity index (χ2v) is 7.43. The Morgan fingerprint density at radius 2 is 2.00 bits per heavy atom. The molecule has 1 aromatic carbocycles. The number of anilines is 1. The molecule has 1 N–H and O–H groups in total. The van der Waals surface area contributed by atoms with Crippen LogP contribution in [0.25, 0.3) is 0 Å². The van der Waals surface area contributed by atoms with E-state index in [0.717, 1.165) is 30.3 Å². The van der Waals surface area contributed by atoms with Gasteiger partial charge in [-0.25, -0.2) is 0 Å². The van der Waals surface area contributed by atoms with Crippen LogP contribution in [-0.4, -0.2) is 29.9 Å². The first-order valence-corrected chi connectivity index (χ1v) is 9.32. The molecular weight excluding hydrogens is 343 g/mol. The van der Waals surface area contributed by atoms with Crippen molar-refractivity contribution in [3.05, 3.63) is 28.8 Å². The maximum atomic E-state index is 12.3. The predicted molar refractivity (Wildman–Crippen MR) is 103 cm³/mol. The van der Waals surface area contributed by atoms with Gasteiger partial charge in [0, 0.05) is 19.0 Å². The van der Waals surface area contributed by atoms with Gasteiger partial charge in [-0.2, -0.15) is 0 Å². The minimum absolute atomic E-state index is 0. The summed E-state index contributed by atoms with van der Waals surface area (Å²) < 4.78 is 0. The third-order valence-corrected chi connectivity index (χ3v) is 5.79. The van der Waals surface area contributed by atoms with Crippen LogP contribution in [0.1, 0.15) is 50.5 Å². The molecule has 1 heterocycles. The Kier molecular flexibility index (Phi) is 7.39. The maximum Gasteiger partial charge on any atom is 0.225 e. The average molecular weight is 371 g/mol. The lowest BCUT2D eigenvalue weighted by atomic mass is 9.78. The summed E-state index contributed by atoms with van der Waals surface area (Å²) in [5.41, 5.74) is 1.77. The lowest BCUT2D eigenvalue weighted by molar-refractivity contribution is -0.116. The van der Waals surface area contributed by atoms with Gasteiger partial charge in [0.1, 0.15) is 0 Å². The molecule has 1 aliphatic heterocycles. The lowest BCUT2D eigenvalue weighted by Crippen LogP contribution is -2.47. The van der Waals surface area contributed by atoms with Gasteiger partial charge in [-0.15, -0.1) is 12.4 Å². The quantitative estimate of drug-likeness (QED) is 0.803. The van der Waals surface area contributed by atoms with E-state index in [2.05, 4.69) is 10.2 Å². The summed E-state index contributed by atoms with van der Waals surface area (Å²) in [6, 6.07) is 6.41. The summed E-state index contributed by atoms with van der Waals surface area (Å²) in [6.45, 7) is 3.99. The Bertz CT molecular complexity index is 542. The minimum atomic E-state index is 0. The molecular formula is C19H28Cl2N2O. The number of halogens is 2. The number of nitrogens with one attached hydrogen (secondary N) is 1. The molecule has 1 saturated carbocycles. The van der Waals surface area contributed by atoms with Crippen molar-refractivity contribution in [2.45, 2.75) is 57.9 Å². The highest BCUT2D eigenvalue weighted by Gasteiger charge is 2.32. The van der Waals surface area contributed by atoms with Crippen LogP contribution in [-0.2, 0) is 4.79 Å². The normalized spacial score (nSPS) is 23.9. The second kappa shape index (κ2) is 9.07. The molecule has 2 aliphatic rings. The van der Waals surface area contributed by atoms with Gasteiger partial charge < -0.3 is 5.32 Å². The van der Waals surface area contributed by atoms with E-state index in [1.807, 2.05) is 25.1 Å². The van der Waals surface area contributed by atoms with Gasteiger partial charge in [0.05, 0.1) is 10.7 Å². The van der Waals surface area contributed by atoms with Crippen LogP contribution in [0.15, 0.2) is 18.2 Å². The molecule has 1 saturated heterocycles.